The van der Waals surface area contributed by atoms with Gasteiger partial charge in [-0.15, -0.1) is 5.10 Å². The molecule has 4 aromatic rings. The number of aromatic nitrogens is 6. The number of nitrogens with zero attached hydrogens (tertiary/aromatic N) is 7. The first kappa shape index (κ1) is 16.9. The monoisotopic (exact) mass is 377 g/mol. The SMILES string of the molecule is CCN1CCC(Nc2nc(N)c3c(-c4ccn5nccc5n4)ccn3n2)CC1. The average Bonchev–Trinajstić information content (AvgIpc) is 3.35. The molecule has 9 heteroatoms. The highest BCUT2D eigenvalue weighted by Crippen LogP contribution is 2.28. The van der Waals surface area contributed by atoms with Crippen molar-refractivity contribution in [2.45, 2.75) is 25.8 Å². The van der Waals surface area contributed by atoms with Crippen molar-refractivity contribution in [3.05, 3.63) is 36.8 Å². The van der Waals surface area contributed by atoms with Crippen molar-refractivity contribution < 1.29 is 0 Å². The number of rotatable bonds is 4. The van der Waals surface area contributed by atoms with Gasteiger partial charge in [-0.1, -0.05) is 6.92 Å². The van der Waals surface area contributed by atoms with Gasteiger partial charge in [0, 0.05) is 43.2 Å². The first-order valence-corrected chi connectivity index (χ1v) is 9.66. The lowest BCUT2D eigenvalue weighted by Gasteiger charge is -2.31. The largest absolute Gasteiger partial charge is 0.382 e. The molecule has 0 spiro atoms. The average molecular weight is 377 g/mol. The Hall–Kier alpha value is -3.20. The molecular formula is C19H23N9. The number of hydrogen-bond acceptors (Lipinski definition) is 7. The van der Waals surface area contributed by atoms with Gasteiger partial charge in [-0.3, -0.25) is 0 Å². The van der Waals surface area contributed by atoms with E-state index in [1.165, 1.54) is 0 Å². The van der Waals surface area contributed by atoms with Gasteiger partial charge in [-0.2, -0.15) is 10.1 Å². The summed E-state index contributed by atoms with van der Waals surface area (Å²) in [5.41, 5.74) is 9.59. The van der Waals surface area contributed by atoms with Crippen molar-refractivity contribution in [1.82, 2.24) is 34.1 Å². The lowest BCUT2D eigenvalue weighted by Crippen LogP contribution is -2.39. The summed E-state index contributed by atoms with van der Waals surface area (Å²) in [5.74, 6) is 1.01. The molecule has 0 amide bonds. The van der Waals surface area contributed by atoms with Crippen molar-refractivity contribution in [2.75, 3.05) is 30.7 Å². The van der Waals surface area contributed by atoms with Crippen LogP contribution in [0.5, 0.6) is 0 Å². The van der Waals surface area contributed by atoms with E-state index in [9.17, 15) is 0 Å². The first-order chi connectivity index (χ1) is 13.7. The Bertz CT molecular complexity index is 1120. The molecule has 1 aliphatic heterocycles. The quantitative estimate of drug-likeness (QED) is 0.560. The lowest BCUT2D eigenvalue weighted by molar-refractivity contribution is 0.229. The number of fused-ring (bicyclic) bond motifs is 2. The fraction of sp³-hybridized carbons (Fsp3) is 0.368. The van der Waals surface area contributed by atoms with Gasteiger partial charge >= 0.3 is 0 Å². The van der Waals surface area contributed by atoms with Crippen LogP contribution in [0.1, 0.15) is 19.8 Å². The van der Waals surface area contributed by atoms with Crippen LogP contribution >= 0.6 is 0 Å². The van der Waals surface area contributed by atoms with E-state index in [2.05, 4.69) is 37.3 Å². The summed E-state index contributed by atoms with van der Waals surface area (Å²) in [4.78, 5) is 11.6. The molecular weight excluding hydrogens is 354 g/mol. The molecule has 3 N–H and O–H groups in total. The highest BCUT2D eigenvalue weighted by atomic mass is 15.3. The van der Waals surface area contributed by atoms with Gasteiger partial charge < -0.3 is 16.0 Å². The van der Waals surface area contributed by atoms with E-state index in [-0.39, 0.29) is 0 Å². The minimum absolute atomic E-state index is 0.376. The summed E-state index contributed by atoms with van der Waals surface area (Å²) in [7, 11) is 0. The molecule has 5 rings (SSSR count). The summed E-state index contributed by atoms with van der Waals surface area (Å²) in [5, 5.41) is 12.3. The smallest absolute Gasteiger partial charge is 0.243 e. The summed E-state index contributed by atoms with van der Waals surface area (Å²) < 4.78 is 3.51. The number of nitrogens with one attached hydrogen (secondary N) is 1. The fourth-order valence-electron chi connectivity index (χ4n) is 3.86. The summed E-state index contributed by atoms with van der Waals surface area (Å²) in [6, 6.07) is 6.13. The molecule has 9 nitrogen and oxygen atoms in total. The highest BCUT2D eigenvalue weighted by molar-refractivity contribution is 5.86. The molecule has 4 aromatic heterocycles. The van der Waals surface area contributed by atoms with Crippen LogP contribution in [0, 0.1) is 0 Å². The van der Waals surface area contributed by atoms with Gasteiger partial charge in [0.2, 0.25) is 5.95 Å². The topological polar surface area (TPSA) is 102 Å². The van der Waals surface area contributed by atoms with Crippen LogP contribution in [0.3, 0.4) is 0 Å². The fourth-order valence-corrected chi connectivity index (χ4v) is 3.86. The molecule has 0 radical (unpaired) electrons. The van der Waals surface area contributed by atoms with Crippen LogP contribution in [0.4, 0.5) is 11.8 Å². The van der Waals surface area contributed by atoms with Gasteiger partial charge in [0.1, 0.15) is 5.52 Å². The normalized spacial score (nSPS) is 16.2. The Morgan fingerprint density at radius 3 is 2.75 bits per heavy atom. The summed E-state index contributed by atoms with van der Waals surface area (Å²) >= 11 is 0. The molecule has 1 aliphatic rings. The van der Waals surface area contributed by atoms with Gasteiger partial charge in [-0.05, 0) is 31.5 Å². The second-order valence-electron chi connectivity index (χ2n) is 7.14. The second-order valence-corrected chi connectivity index (χ2v) is 7.14. The van der Waals surface area contributed by atoms with Gasteiger partial charge in [0.05, 0.1) is 11.9 Å². The van der Waals surface area contributed by atoms with E-state index in [1.807, 2.05) is 30.6 Å². The third-order valence-electron chi connectivity index (χ3n) is 5.44. The lowest BCUT2D eigenvalue weighted by atomic mass is 10.1. The molecule has 0 unspecified atom stereocenters. The van der Waals surface area contributed by atoms with Crippen LogP contribution in [0.25, 0.3) is 22.4 Å². The number of nitrogens with two attached hydrogens (primary N) is 1. The van der Waals surface area contributed by atoms with Crippen LogP contribution in [0.15, 0.2) is 36.8 Å². The Kier molecular flexibility index (Phi) is 4.09. The number of anilines is 2. The number of hydrogen-bond donors (Lipinski definition) is 2. The zero-order valence-electron chi connectivity index (χ0n) is 15.8. The Morgan fingerprint density at radius 2 is 1.93 bits per heavy atom. The van der Waals surface area contributed by atoms with Crippen LogP contribution < -0.4 is 11.1 Å². The zero-order valence-corrected chi connectivity index (χ0v) is 15.8. The van der Waals surface area contributed by atoms with Gasteiger partial charge in [0.15, 0.2) is 11.5 Å². The van der Waals surface area contributed by atoms with Crippen molar-refractivity contribution in [3.8, 4) is 11.3 Å². The van der Waals surface area contributed by atoms with Crippen LogP contribution in [0.2, 0.25) is 0 Å². The zero-order chi connectivity index (χ0) is 19.1. The number of piperidine rings is 1. The van der Waals surface area contributed by atoms with Crippen molar-refractivity contribution in [1.29, 1.82) is 0 Å². The van der Waals surface area contributed by atoms with Crippen molar-refractivity contribution >= 4 is 22.9 Å². The molecule has 0 saturated carbocycles. The maximum atomic E-state index is 6.32. The molecule has 1 fully saturated rings. The third-order valence-corrected chi connectivity index (χ3v) is 5.44. The molecule has 0 bridgehead atoms. The summed E-state index contributed by atoms with van der Waals surface area (Å²) in [6.07, 6.45) is 7.68. The second kappa shape index (κ2) is 6.75. The molecule has 5 heterocycles. The van der Waals surface area contributed by atoms with E-state index in [0.717, 1.165) is 54.9 Å². The summed E-state index contributed by atoms with van der Waals surface area (Å²) in [6.45, 7) is 5.51. The molecule has 1 saturated heterocycles. The van der Waals surface area contributed by atoms with Crippen LogP contribution in [-0.4, -0.2) is 59.8 Å². The van der Waals surface area contributed by atoms with Crippen molar-refractivity contribution in [3.63, 3.8) is 0 Å². The predicted molar refractivity (Wildman–Crippen MR) is 108 cm³/mol. The maximum absolute atomic E-state index is 6.32. The predicted octanol–water partition coefficient (Wildman–Crippen LogP) is 1.92. The van der Waals surface area contributed by atoms with Gasteiger partial charge in [0.25, 0.3) is 0 Å². The minimum atomic E-state index is 0.376. The van der Waals surface area contributed by atoms with Crippen LogP contribution in [-0.2, 0) is 0 Å². The van der Waals surface area contributed by atoms with Gasteiger partial charge in [-0.25, -0.2) is 14.0 Å². The van der Waals surface area contributed by atoms with Crippen molar-refractivity contribution in [2.24, 2.45) is 0 Å². The Labute approximate surface area is 162 Å². The Morgan fingerprint density at radius 1 is 1.11 bits per heavy atom. The molecule has 0 aromatic carbocycles. The molecule has 0 atom stereocenters. The van der Waals surface area contributed by atoms with E-state index >= 15 is 0 Å². The first-order valence-electron chi connectivity index (χ1n) is 9.66. The maximum Gasteiger partial charge on any atom is 0.243 e. The minimum Gasteiger partial charge on any atom is -0.382 e. The molecule has 0 aliphatic carbocycles. The molecule has 28 heavy (non-hydrogen) atoms. The number of likely N-dealkylation sites (tertiary alicyclic amines) is 1. The molecule has 144 valence electrons. The van der Waals surface area contributed by atoms with E-state index in [0.29, 0.717) is 17.8 Å². The Balaban J connectivity index is 1.44. The van der Waals surface area contributed by atoms with E-state index in [4.69, 9.17) is 5.73 Å². The number of nitrogen functional groups attached to an aromatic ring is 1. The standard InChI is InChI=1S/C19H23N9/c1-2-26-9-4-13(5-10-26)22-19-24-18(20)17-14(6-11-28(17)25-19)15-7-12-27-16(23-15)3-8-21-27/h3,6-8,11-13H,2,4-5,9-10H2,1H3,(H3,20,22,24,25). The third kappa shape index (κ3) is 2.93. The van der Waals surface area contributed by atoms with E-state index < -0.39 is 0 Å². The highest BCUT2D eigenvalue weighted by Gasteiger charge is 2.20. The van der Waals surface area contributed by atoms with E-state index in [1.54, 1.807) is 15.2 Å².